The Bertz CT molecular complexity index is 557. The van der Waals surface area contributed by atoms with Gasteiger partial charge in [0.1, 0.15) is 5.56 Å². The molecule has 0 saturated heterocycles. The van der Waals surface area contributed by atoms with E-state index < -0.39 is 0 Å². The highest BCUT2D eigenvalue weighted by molar-refractivity contribution is 5.94. The molecule has 0 aliphatic heterocycles. The third-order valence-electron chi connectivity index (χ3n) is 3.55. The van der Waals surface area contributed by atoms with Crippen LogP contribution in [-0.2, 0) is 13.0 Å². The van der Waals surface area contributed by atoms with E-state index in [0.717, 1.165) is 24.1 Å². The van der Waals surface area contributed by atoms with Crippen LogP contribution < -0.4 is 10.9 Å². The molecule has 0 unspecified atom stereocenters. The number of hydrogen-bond donors (Lipinski definition) is 1. The third kappa shape index (κ3) is 4.45. The maximum atomic E-state index is 12.6. The zero-order valence-electron chi connectivity index (χ0n) is 14.1. The lowest BCUT2D eigenvalue weighted by atomic mass is 10.1. The van der Waals surface area contributed by atoms with Gasteiger partial charge in [-0.2, -0.15) is 0 Å². The molecule has 0 atom stereocenters. The number of rotatable bonds is 6. The highest BCUT2D eigenvalue weighted by Crippen LogP contribution is 2.11. The number of aromatic nitrogens is 1. The van der Waals surface area contributed by atoms with Gasteiger partial charge in [0.15, 0.2) is 0 Å². The van der Waals surface area contributed by atoms with E-state index in [1.165, 1.54) is 0 Å². The minimum atomic E-state index is -0.279. The van der Waals surface area contributed by atoms with Gasteiger partial charge in [0.05, 0.1) is 0 Å². The van der Waals surface area contributed by atoms with Crippen molar-refractivity contribution >= 4 is 5.91 Å². The predicted molar refractivity (Wildman–Crippen MR) is 86.9 cm³/mol. The number of amides is 1. The van der Waals surface area contributed by atoms with Crippen LogP contribution in [0.2, 0.25) is 0 Å². The van der Waals surface area contributed by atoms with Crippen molar-refractivity contribution in [3.05, 3.63) is 33.2 Å². The molecule has 4 nitrogen and oxygen atoms in total. The third-order valence-corrected chi connectivity index (χ3v) is 3.55. The first kappa shape index (κ1) is 17.5. The molecule has 0 aliphatic carbocycles. The molecule has 118 valence electrons. The van der Waals surface area contributed by atoms with E-state index in [2.05, 4.69) is 19.2 Å². The van der Waals surface area contributed by atoms with Gasteiger partial charge in [-0.05, 0) is 51.2 Å². The molecule has 0 fully saturated rings. The summed E-state index contributed by atoms with van der Waals surface area (Å²) in [6.07, 6.45) is 1.73. The highest BCUT2D eigenvalue weighted by Gasteiger charge is 2.17. The molecule has 1 rings (SSSR count). The largest absolute Gasteiger partial charge is 0.350 e. The second kappa shape index (κ2) is 7.43. The van der Waals surface area contributed by atoms with Gasteiger partial charge in [0.25, 0.3) is 11.5 Å². The van der Waals surface area contributed by atoms with E-state index >= 15 is 0 Å². The summed E-state index contributed by atoms with van der Waals surface area (Å²) < 4.78 is 1.78. The SMILES string of the molecule is CCc1c(C)cc(C(=O)NC(C)C)c(=O)n1CCC(C)C. The first-order valence-corrected chi connectivity index (χ1v) is 7.82. The zero-order valence-corrected chi connectivity index (χ0v) is 14.1. The molecule has 4 heteroatoms. The number of carbonyl (C=O) groups excluding carboxylic acids is 1. The summed E-state index contributed by atoms with van der Waals surface area (Å²) >= 11 is 0. The standard InChI is InChI=1S/C17H28N2O2/c1-7-15-13(6)10-14(16(20)18-12(4)5)17(21)19(15)9-8-11(2)3/h10-12H,7-9H2,1-6H3,(H,18,20). The van der Waals surface area contributed by atoms with Crippen LogP contribution in [0.3, 0.4) is 0 Å². The Morgan fingerprint density at radius 3 is 2.38 bits per heavy atom. The summed E-state index contributed by atoms with van der Waals surface area (Å²) in [6, 6.07) is 1.75. The zero-order chi connectivity index (χ0) is 16.2. The summed E-state index contributed by atoms with van der Waals surface area (Å²) in [5.74, 6) is 0.245. The predicted octanol–water partition coefficient (Wildman–Crippen LogP) is 2.90. The van der Waals surface area contributed by atoms with Crippen molar-refractivity contribution in [1.82, 2.24) is 9.88 Å². The van der Waals surface area contributed by atoms with Crippen molar-refractivity contribution in [2.24, 2.45) is 5.92 Å². The van der Waals surface area contributed by atoms with Gasteiger partial charge in [-0.25, -0.2) is 0 Å². The molecular formula is C17H28N2O2. The van der Waals surface area contributed by atoms with Gasteiger partial charge >= 0.3 is 0 Å². The molecule has 0 aliphatic rings. The van der Waals surface area contributed by atoms with E-state index in [9.17, 15) is 9.59 Å². The average Bonchev–Trinajstić information content (AvgIpc) is 2.37. The molecule has 1 N–H and O–H groups in total. The van der Waals surface area contributed by atoms with Crippen molar-refractivity contribution in [2.75, 3.05) is 0 Å². The van der Waals surface area contributed by atoms with Crippen molar-refractivity contribution in [3.8, 4) is 0 Å². The van der Waals surface area contributed by atoms with E-state index in [-0.39, 0.29) is 23.1 Å². The normalized spacial score (nSPS) is 11.2. The van der Waals surface area contributed by atoms with E-state index in [1.807, 2.05) is 27.7 Å². The summed E-state index contributed by atoms with van der Waals surface area (Å²) in [5.41, 5.74) is 2.12. The van der Waals surface area contributed by atoms with Crippen molar-refractivity contribution in [1.29, 1.82) is 0 Å². The van der Waals surface area contributed by atoms with E-state index in [4.69, 9.17) is 0 Å². The van der Waals surface area contributed by atoms with Crippen molar-refractivity contribution in [2.45, 2.75) is 67.0 Å². The second-order valence-corrected chi connectivity index (χ2v) is 6.31. The van der Waals surface area contributed by atoms with E-state index in [1.54, 1.807) is 10.6 Å². The van der Waals surface area contributed by atoms with Crippen LogP contribution in [0.5, 0.6) is 0 Å². The molecule has 0 radical (unpaired) electrons. The quantitative estimate of drug-likeness (QED) is 0.876. The smallest absolute Gasteiger partial charge is 0.263 e. The molecule has 0 bridgehead atoms. The monoisotopic (exact) mass is 292 g/mol. The van der Waals surface area contributed by atoms with Gasteiger partial charge < -0.3 is 9.88 Å². The second-order valence-electron chi connectivity index (χ2n) is 6.31. The van der Waals surface area contributed by atoms with Crippen LogP contribution in [0.1, 0.15) is 62.7 Å². The molecule has 0 spiro atoms. The van der Waals surface area contributed by atoms with Crippen LogP contribution in [-0.4, -0.2) is 16.5 Å². The minimum Gasteiger partial charge on any atom is -0.350 e. The fourth-order valence-corrected chi connectivity index (χ4v) is 2.44. The lowest BCUT2D eigenvalue weighted by Crippen LogP contribution is -2.37. The Hall–Kier alpha value is -1.58. The van der Waals surface area contributed by atoms with Crippen LogP contribution in [0.25, 0.3) is 0 Å². The van der Waals surface area contributed by atoms with Crippen LogP contribution in [0.4, 0.5) is 0 Å². The van der Waals surface area contributed by atoms with Gasteiger partial charge in [-0.15, -0.1) is 0 Å². The fourth-order valence-electron chi connectivity index (χ4n) is 2.44. The van der Waals surface area contributed by atoms with E-state index in [0.29, 0.717) is 12.5 Å². The first-order valence-electron chi connectivity index (χ1n) is 7.82. The molecule has 0 aromatic carbocycles. The number of nitrogens with zero attached hydrogens (tertiary/aromatic N) is 1. The Kier molecular flexibility index (Phi) is 6.19. The number of carbonyl (C=O) groups is 1. The molecule has 0 saturated carbocycles. The summed E-state index contributed by atoms with van der Waals surface area (Å²) in [7, 11) is 0. The summed E-state index contributed by atoms with van der Waals surface area (Å²) in [4.78, 5) is 24.8. The average molecular weight is 292 g/mol. The molecule has 1 aromatic heterocycles. The van der Waals surface area contributed by atoms with Crippen molar-refractivity contribution in [3.63, 3.8) is 0 Å². The number of hydrogen-bond acceptors (Lipinski definition) is 2. The number of nitrogens with one attached hydrogen (secondary N) is 1. The molecule has 21 heavy (non-hydrogen) atoms. The maximum Gasteiger partial charge on any atom is 0.263 e. The molecular weight excluding hydrogens is 264 g/mol. The Balaban J connectivity index is 3.29. The first-order chi connectivity index (χ1) is 9.77. The van der Waals surface area contributed by atoms with Crippen LogP contribution in [0, 0.1) is 12.8 Å². The Labute approximate surface area is 127 Å². The van der Waals surface area contributed by atoms with Gasteiger partial charge in [0, 0.05) is 18.3 Å². The van der Waals surface area contributed by atoms with Crippen molar-refractivity contribution < 1.29 is 4.79 Å². The Morgan fingerprint density at radius 2 is 1.90 bits per heavy atom. The maximum absolute atomic E-state index is 12.6. The van der Waals surface area contributed by atoms with Crippen LogP contribution >= 0.6 is 0 Å². The molecule has 1 heterocycles. The topological polar surface area (TPSA) is 51.1 Å². The Morgan fingerprint density at radius 1 is 1.29 bits per heavy atom. The van der Waals surface area contributed by atoms with Crippen LogP contribution in [0.15, 0.2) is 10.9 Å². The number of pyridine rings is 1. The minimum absolute atomic E-state index is 0.0205. The highest BCUT2D eigenvalue weighted by atomic mass is 16.2. The molecule has 1 amide bonds. The fraction of sp³-hybridized carbons (Fsp3) is 0.647. The van der Waals surface area contributed by atoms with Gasteiger partial charge in [-0.1, -0.05) is 20.8 Å². The lowest BCUT2D eigenvalue weighted by molar-refractivity contribution is 0.0940. The summed E-state index contributed by atoms with van der Waals surface area (Å²) in [5, 5.41) is 2.80. The van der Waals surface area contributed by atoms with Gasteiger partial charge in [-0.3, -0.25) is 9.59 Å². The number of aryl methyl sites for hydroxylation is 1. The summed E-state index contributed by atoms with van der Waals surface area (Å²) in [6.45, 7) is 12.7. The molecule has 1 aromatic rings. The van der Waals surface area contributed by atoms with Gasteiger partial charge in [0.2, 0.25) is 0 Å². The lowest BCUT2D eigenvalue weighted by Gasteiger charge is -2.18.